The largest absolute Gasteiger partial charge is 0.481 e. The quantitative estimate of drug-likeness (QED) is 0.754. The highest BCUT2D eigenvalue weighted by Crippen LogP contribution is 2.04. The second-order valence-corrected chi connectivity index (χ2v) is 2.84. The lowest BCUT2D eigenvalue weighted by atomic mass is 10.2. The number of carboxylic acid groups (broad SMARTS) is 1. The summed E-state index contributed by atoms with van der Waals surface area (Å²) >= 11 is 0. The molecule has 0 saturated carbocycles. The van der Waals surface area contributed by atoms with Crippen molar-refractivity contribution in [2.24, 2.45) is 0 Å². The van der Waals surface area contributed by atoms with E-state index in [0.29, 0.717) is 13.0 Å². The molecule has 0 aliphatic rings. The van der Waals surface area contributed by atoms with Crippen LogP contribution in [-0.4, -0.2) is 22.3 Å². The van der Waals surface area contributed by atoms with Crippen LogP contribution in [0.25, 0.3) is 0 Å². The predicted octanol–water partition coefficient (Wildman–Crippen LogP) is 1.47. The molecule has 1 rings (SSSR count). The van der Waals surface area contributed by atoms with E-state index in [-0.39, 0.29) is 6.42 Å². The molecule has 0 aliphatic carbocycles. The fraction of sp³-hybridized carbons (Fsp3) is 0.444. The van der Waals surface area contributed by atoms with Crippen molar-refractivity contribution in [3.8, 4) is 0 Å². The Hall–Kier alpha value is -1.32. The lowest BCUT2D eigenvalue weighted by molar-refractivity contribution is -0.136. The van der Waals surface area contributed by atoms with Gasteiger partial charge in [0.05, 0.1) is 6.54 Å². The molecule has 0 atom stereocenters. The minimum atomic E-state index is -0.807. The molecule has 4 heteroatoms. The molecule has 0 aromatic carbocycles. The van der Waals surface area contributed by atoms with Crippen LogP contribution in [0.5, 0.6) is 0 Å². The number of rotatable bonds is 5. The number of halogens is 1. The third-order valence-corrected chi connectivity index (χ3v) is 1.78. The monoisotopic (exact) mass is 185 g/mol. The molecule has 1 aromatic heterocycles. The molecule has 1 aromatic rings. The number of carboxylic acids is 1. The van der Waals surface area contributed by atoms with Gasteiger partial charge in [-0.05, 0) is 18.1 Å². The number of aryl methyl sites for hydroxylation is 2. The van der Waals surface area contributed by atoms with Crippen molar-refractivity contribution in [1.82, 2.24) is 4.57 Å². The summed E-state index contributed by atoms with van der Waals surface area (Å²) in [7, 11) is 0. The summed E-state index contributed by atoms with van der Waals surface area (Å²) in [4.78, 5) is 10.2. The molecule has 3 nitrogen and oxygen atoms in total. The molecular weight excluding hydrogens is 173 g/mol. The highest BCUT2D eigenvalue weighted by atomic mass is 19.1. The molecule has 0 radical (unpaired) electrons. The molecule has 0 amide bonds. The van der Waals surface area contributed by atoms with Crippen LogP contribution in [0.2, 0.25) is 0 Å². The Morgan fingerprint density at radius 2 is 2.38 bits per heavy atom. The number of hydrogen-bond acceptors (Lipinski definition) is 1. The number of nitrogens with zero attached hydrogens (tertiary/aromatic N) is 1. The molecule has 0 saturated heterocycles. The van der Waals surface area contributed by atoms with E-state index in [2.05, 4.69) is 0 Å². The van der Waals surface area contributed by atoms with E-state index >= 15 is 0 Å². The van der Waals surface area contributed by atoms with Crippen molar-refractivity contribution >= 4 is 5.97 Å². The summed E-state index contributed by atoms with van der Waals surface area (Å²) in [5.74, 6) is -0.807. The van der Waals surface area contributed by atoms with E-state index in [1.807, 2.05) is 6.07 Å². The third-order valence-electron chi connectivity index (χ3n) is 1.78. The van der Waals surface area contributed by atoms with Crippen molar-refractivity contribution in [3.63, 3.8) is 0 Å². The first-order chi connectivity index (χ1) is 6.22. The maximum Gasteiger partial charge on any atom is 0.303 e. The van der Waals surface area contributed by atoms with Crippen LogP contribution >= 0.6 is 0 Å². The molecule has 1 heterocycles. The SMILES string of the molecule is O=C(O)CCc1ccn(CCF)c1. The van der Waals surface area contributed by atoms with Crippen LogP contribution in [0, 0.1) is 0 Å². The smallest absolute Gasteiger partial charge is 0.303 e. The van der Waals surface area contributed by atoms with E-state index in [1.54, 1.807) is 17.0 Å². The Kier molecular flexibility index (Phi) is 3.49. The Morgan fingerprint density at radius 1 is 1.62 bits per heavy atom. The first-order valence-corrected chi connectivity index (χ1v) is 4.15. The van der Waals surface area contributed by atoms with Crippen molar-refractivity contribution in [2.75, 3.05) is 6.67 Å². The maximum atomic E-state index is 11.9. The van der Waals surface area contributed by atoms with Gasteiger partial charge in [0.1, 0.15) is 6.67 Å². The molecule has 0 unspecified atom stereocenters. The van der Waals surface area contributed by atoms with Crippen molar-refractivity contribution in [2.45, 2.75) is 19.4 Å². The molecule has 0 aliphatic heterocycles. The van der Waals surface area contributed by atoms with Gasteiger partial charge >= 0.3 is 5.97 Å². The van der Waals surface area contributed by atoms with E-state index in [9.17, 15) is 9.18 Å². The van der Waals surface area contributed by atoms with Crippen LogP contribution in [0.3, 0.4) is 0 Å². The molecule has 1 N–H and O–H groups in total. The Labute approximate surface area is 75.8 Å². The average Bonchev–Trinajstić information content (AvgIpc) is 2.50. The minimum Gasteiger partial charge on any atom is -0.481 e. The molecule has 13 heavy (non-hydrogen) atoms. The first-order valence-electron chi connectivity index (χ1n) is 4.15. The number of hydrogen-bond donors (Lipinski definition) is 1. The molecule has 72 valence electrons. The van der Waals surface area contributed by atoms with Crippen LogP contribution in [0.1, 0.15) is 12.0 Å². The fourth-order valence-corrected chi connectivity index (χ4v) is 1.13. The topological polar surface area (TPSA) is 42.2 Å². The zero-order chi connectivity index (χ0) is 9.68. The zero-order valence-electron chi connectivity index (χ0n) is 7.24. The van der Waals surface area contributed by atoms with Gasteiger partial charge in [0, 0.05) is 18.8 Å². The van der Waals surface area contributed by atoms with E-state index in [0.717, 1.165) is 5.56 Å². The van der Waals surface area contributed by atoms with Gasteiger partial charge in [0.15, 0.2) is 0 Å². The van der Waals surface area contributed by atoms with Crippen molar-refractivity contribution < 1.29 is 14.3 Å². The second-order valence-electron chi connectivity index (χ2n) is 2.84. The fourth-order valence-electron chi connectivity index (χ4n) is 1.13. The summed E-state index contributed by atoms with van der Waals surface area (Å²) in [5, 5.41) is 8.42. The standard InChI is InChI=1S/C9H12FNO2/c10-4-6-11-5-3-8(7-11)1-2-9(12)13/h3,5,7H,1-2,4,6H2,(H,12,13). The van der Waals surface area contributed by atoms with Gasteiger partial charge in [-0.25, -0.2) is 4.39 Å². The number of aromatic nitrogens is 1. The second kappa shape index (κ2) is 4.64. The summed E-state index contributed by atoms with van der Waals surface area (Å²) < 4.78 is 13.6. The van der Waals surface area contributed by atoms with Crippen LogP contribution in [0.15, 0.2) is 18.5 Å². The van der Waals surface area contributed by atoms with Crippen molar-refractivity contribution in [1.29, 1.82) is 0 Å². The summed E-state index contributed by atoms with van der Waals surface area (Å²) in [6, 6.07) is 1.82. The molecule has 0 bridgehead atoms. The molecule has 0 fully saturated rings. The van der Waals surface area contributed by atoms with Gasteiger partial charge in [-0.1, -0.05) is 0 Å². The lowest BCUT2D eigenvalue weighted by Crippen LogP contribution is -1.97. The predicted molar refractivity (Wildman–Crippen MR) is 46.4 cm³/mol. The Morgan fingerprint density at radius 3 is 3.00 bits per heavy atom. The highest BCUT2D eigenvalue weighted by Gasteiger charge is 2.00. The van der Waals surface area contributed by atoms with Gasteiger partial charge in [-0.2, -0.15) is 0 Å². The first kappa shape index (κ1) is 9.77. The molecular formula is C9H12FNO2. The summed E-state index contributed by atoms with van der Waals surface area (Å²) in [6.45, 7) is -0.0554. The Balaban J connectivity index is 2.44. The van der Waals surface area contributed by atoms with E-state index < -0.39 is 12.6 Å². The number of alkyl halides is 1. The highest BCUT2D eigenvalue weighted by molar-refractivity contribution is 5.67. The normalized spacial score (nSPS) is 10.2. The van der Waals surface area contributed by atoms with Crippen LogP contribution in [0.4, 0.5) is 4.39 Å². The minimum absolute atomic E-state index is 0.125. The zero-order valence-corrected chi connectivity index (χ0v) is 7.24. The lowest BCUT2D eigenvalue weighted by Gasteiger charge is -1.95. The van der Waals surface area contributed by atoms with Gasteiger partial charge in [0.25, 0.3) is 0 Å². The Bertz CT molecular complexity index is 283. The van der Waals surface area contributed by atoms with Gasteiger partial charge in [0.2, 0.25) is 0 Å². The van der Waals surface area contributed by atoms with Crippen molar-refractivity contribution in [3.05, 3.63) is 24.0 Å². The third kappa shape index (κ3) is 3.27. The van der Waals surface area contributed by atoms with Crippen LogP contribution in [-0.2, 0) is 17.8 Å². The summed E-state index contributed by atoms with van der Waals surface area (Å²) in [6.07, 6.45) is 4.17. The summed E-state index contributed by atoms with van der Waals surface area (Å²) in [5.41, 5.74) is 0.941. The van der Waals surface area contributed by atoms with Gasteiger partial charge in [-0.3, -0.25) is 4.79 Å². The van der Waals surface area contributed by atoms with E-state index in [4.69, 9.17) is 5.11 Å². The number of aliphatic carboxylic acids is 1. The maximum absolute atomic E-state index is 11.9. The van der Waals surface area contributed by atoms with Gasteiger partial charge in [-0.15, -0.1) is 0 Å². The van der Waals surface area contributed by atoms with E-state index in [1.165, 1.54) is 0 Å². The van der Waals surface area contributed by atoms with Crippen LogP contribution < -0.4 is 0 Å². The average molecular weight is 185 g/mol. The van der Waals surface area contributed by atoms with Gasteiger partial charge < -0.3 is 9.67 Å². The molecule has 0 spiro atoms. The number of carbonyl (C=O) groups is 1.